The summed E-state index contributed by atoms with van der Waals surface area (Å²) in [5, 5.41) is 9.75. The lowest BCUT2D eigenvalue weighted by molar-refractivity contribution is -0.146. The van der Waals surface area contributed by atoms with E-state index in [1.807, 2.05) is 62.5 Å². The van der Waals surface area contributed by atoms with Crippen LogP contribution in [0.2, 0.25) is 18.6 Å². The molecule has 9 nitrogen and oxygen atoms in total. The number of carbonyl (C=O) groups excluding carboxylic acids is 2. The third kappa shape index (κ3) is 4.12. The fourth-order valence-electron chi connectivity index (χ4n) is 6.37. The smallest absolute Gasteiger partial charge is 0.414 e. The van der Waals surface area contributed by atoms with Crippen molar-refractivity contribution in [2.75, 3.05) is 36.7 Å². The van der Waals surface area contributed by atoms with Crippen molar-refractivity contribution in [3.63, 3.8) is 0 Å². The van der Waals surface area contributed by atoms with Gasteiger partial charge >= 0.3 is 6.09 Å². The Kier molecular flexibility index (Phi) is 6.55. The minimum atomic E-state index is -2.77. The van der Waals surface area contributed by atoms with Gasteiger partial charge in [-0.15, -0.1) is 0 Å². The molecule has 198 valence electrons. The van der Waals surface area contributed by atoms with E-state index in [0.29, 0.717) is 30.9 Å². The van der Waals surface area contributed by atoms with E-state index >= 15 is 0 Å². The second-order valence-corrected chi connectivity index (χ2v) is 14.6. The largest absolute Gasteiger partial charge is 0.497 e. The van der Waals surface area contributed by atoms with Gasteiger partial charge in [-0.3, -0.25) is 9.69 Å². The Hall–Kier alpha value is -2.92. The van der Waals surface area contributed by atoms with Crippen molar-refractivity contribution < 1.29 is 33.7 Å². The van der Waals surface area contributed by atoms with E-state index in [0.717, 1.165) is 16.9 Å². The standard InChI is InChI=1S/C27H34N2O7Si/c1-17-24(37(3,4)33)23(10-12-30)36-27(17)21-15-20(34-2)8-9-22(21)29(25(27)31)16-18-6-5-7-19(14-18)28-11-13-35-26(28)32/h5-9,14-15,17,23-24,30,33H,10-13,16H2,1-4H3/t17-,23+,24-,27+/m0/s1. The number of nitrogens with zero attached hydrogens (tertiary/aromatic N) is 2. The van der Waals surface area contributed by atoms with Crippen molar-refractivity contribution in [3.05, 3.63) is 53.6 Å². The van der Waals surface area contributed by atoms with Gasteiger partial charge in [-0.25, -0.2) is 4.79 Å². The predicted octanol–water partition coefficient (Wildman–Crippen LogP) is 3.38. The van der Waals surface area contributed by atoms with Crippen LogP contribution in [-0.2, 0) is 26.4 Å². The normalized spacial score (nSPS) is 27.2. The first-order valence-corrected chi connectivity index (χ1v) is 15.7. The number of hydrogen-bond acceptors (Lipinski definition) is 7. The lowest BCUT2D eigenvalue weighted by Gasteiger charge is -2.32. The van der Waals surface area contributed by atoms with Crippen molar-refractivity contribution >= 4 is 31.7 Å². The third-order valence-corrected chi connectivity index (χ3v) is 10.4. The monoisotopic (exact) mass is 526 g/mol. The van der Waals surface area contributed by atoms with Gasteiger partial charge < -0.3 is 29.0 Å². The minimum absolute atomic E-state index is 0.0942. The number of anilines is 2. The van der Waals surface area contributed by atoms with Crippen LogP contribution in [0.4, 0.5) is 16.2 Å². The molecule has 0 radical (unpaired) electrons. The van der Waals surface area contributed by atoms with Crippen LogP contribution < -0.4 is 14.5 Å². The predicted molar refractivity (Wildman–Crippen MR) is 140 cm³/mol. The van der Waals surface area contributed by atoms with Gasteiger partial charge in [0.25, 0.3) is 5.91 Å². The molecule has 2 amide bonds. The molecule has 5 rings (SSSR count). The highest BCUT2D eigenvalue weighted by molar-refractivity contribution is 6.71. The van der Waals surface area contributed by atoms with Crippen LogP contribution >= 0.6 is 0 Å². The van der Waals surface area contributed by atoms with Crippen molar-refractivity contribution in [1.82, 2.24) is 0 Å². The maximum absolute atomic E-state index is 14.4. The highest BCUT2D eigenvalue weighted by Crippen LogP contribution is 2.60. The molecule has 3 heterocycles. The zero-order valence-corrected chi connectivity index (χ0v) is 22.6. The molecule has 3 aliphatic rings. The summed E-state index contributed by atoms with van der Waals surface area (Å²) in [5.41, 5.74) is 1.48. The van der Waals surface area contributed by atoms with E-state index in [2.05, 4.69) is 0 Å². The van der Waals surface area contributed by atoms with E-state index in [-0.39, 0.29) is 36.6 Å². The number of ether oxygens (including phenoxy) is 3. The van der Waals surface area contributed by atoms with E-state index < -0.39 is 20.0 Å². The van der Waals surface area contributed by atoms with E-state index in [1.54, 1.807) is 16.9 Å². The number of methoxy groups -OCH3 is 1. The Balaban J connectivity index is 1.56. The molecule has 0 saturated carbocycles. The number of amides is 2. The molecule has 37 heavy (non-hydrogen) atoms. The average Bonchev–Trinajstić information content (AvgIpc) is 3.49. The fourth-order valence-corrected chi connectivity index (χ4v) is 8.97. The van der Waals surface area contributed by atoms with Crippen LogP contribution in [0.1, 0.15) is 24.5 Å². The molecule has 4 atom stereocenters. The van der Waals surface area contributed by atoms with Crippen LogP contribution in [0, 0.1) is 5.92 Å². The molecular weight excluding hydrogens is 492 g/mol. The Morgan fingerprint density at radius 3 is 2.62 bits per heavy atom. The highest BCUT2D eigenvalue weighted by atomic mass is 28.4. The molecule has 2 N–H and O–H groups in total. The van der Waals surface area contributed by atoms with Crippen molar-refractivity contribution in [1.29, 1.82) is 0 Å². The number of carbonyl (C=O) groups is 2. The first kappa shape index (κ1) is 25.7. The maximum atomic E-state index is 14.4. The van der Waals surface area contributed by atoms with Gasteiger partial charge in [0.2, 0.25) is 0 Å². The third-order valence-electron chi connectivity index (χ3n) is 7.93. The molecule has 0 bridgehead atoms. The molecule has 0 aliphatic carbocycles. The van der Waals surface area contributed by atoms with Crippen LogP contribution in [0.15, 0.2) is 42.5 Å². The number of aliphatic hydroxyl groups excluding tert-OH is 1. The lowest BCUT2D eigenvalue weighted by atomic mass is 9.82. The summed E-state index contributed by atoms with van der Waals surface area (Å²) in [6.07, 6.45) is -0.483. The summed E-state index contributed by atoms with van der Waals surface area (Å²) in [5.74, 6) is 0.100. The van der Waals surface area contributed by atoms with Crippen LogP contribution in [0.5, 0.6) is 5.75 Å². The summed E-state index contributed by atoms with van der Waals surface area (Å²) in [6.45, 7) is 6.71. The fraction of sp³-hybridized carbons (Fsp3) is 0.481. The van der Waals surface area contributed by atoms with Crippen molar-refractivity contribution in [2.24, 2.45) is 5.92 Å². The summed E-state index contributed by atoms with van der Waals surface area (Å²) in [6, 6.07) is 13.1. The van der Waals surface area contributed by atoms with Gasteiger partial charge in [0.15, 0.2) is 13.9 Å². The highest BCUT2D eigenvalue weighted by Gasteiger charge is 2.66. The maximum Gasteiger partial charge on any atom is 0.414 e. The van der Waals surface area contributed by atoms with E-state index in [1.165, 1.54) is 0 Å². The Morgan fingerprint density at radius 2 is 1.97 bits per heavy atom. The Bertz CT molecular complexity index is 1220. The molecule has 2 saturated heterocycles. The quantitative estimate of drug-likeness (QED) is 0.533. The Labute approximate surface area is 217 Å². The molecule has 3 aliphatic heterocycles. The van der Waals surface area contributed by atoms with Crippen molar-refractivity contribution in [3.8, 4) is 5.75 Å². The van der Waals surface area contributed by atoms with Crippen LogP contribution in [-0.4, -0.2) is 63.2 Å². The lowest BCUT2D eigenvalue weighted by Crippen LogP contribution is -2.46. The molecule has 0 aromatic heterocycles. The zero-order chi connectivity index (χ0) is 26.5. The first-order valence-electron chi connectivity index (χ1n) is 12.7. The molecule has 2 aromatic carbocycles. The van der Waals surface area contributed by atoms with Gasteiger partial charge in [0, 0.05) is 29.3 Å². The molecular formula is C27H34N2O7Si. The van der Waals surface area contributed by atoms with Gasteiger partial charge in [0.1, 0.15) is 12.4 Å². The Morgan fingerprint density at radius 1 is 1.19 bits per heavy atom. The molecule has 1 spiro atoms. The van der Waals surface area contributed by atoms with Gasteiger partial charge in [-0.1, -0.05) is 19.1 Å². The summed E-state index contributed by atoms with van der Waals surface area (Å²) < 4.78 is 17.2. The average molecular weight is 527 g/mol. The van der Waals surface area contributed by atoms with Gasteiger partial charge in [-0.05, 0) is 55.4 Å². The molecule has 2 fully saturated rings. The molecule has 2 aromatic rings. The molecule has 0 unspecified atom stereocenters. The molecule has 10 heteroatoms. The minimum Gasteiger partial charge on any atom is -0.497 e. The SMILES string of the molecule is COc1ccc2c(c1)[C@@]1(O[C@H](CCO)[C@@H]([Si](C)(C)O)[C@@H]1C)C(=O)N2Cc1cccc(N2CCOC2=O)c1. The summed E-state index contributed by atoms with van der Waals surface area (Å²) in [4.78, 5) is 41.0. The number of aliphatic hydroxyl groups is 1. The number of rotatable bonds is 7. The van der Waals surface area contributed by atoms with Crippen LogP contribution in [0.3, 0.4) is 0 Å². The topological polar surface area (TPSA) is 109 Å². The number of benzene rings is 2. The first-order chi connectivity index (χ1) is 17.6. The van der Waals surface area contributed by atoms with Crippen molar-refractivity contribution in [2.45, 2.75) is 50.2 Å². The zero-order valence-electron chi connectivity index (χ0n) is 21.6. The van der Waals surface area contributed by atoms with Gasteiger partial charge in [-0.2, -0.15) is 0 Å². The number of hydrogen-bond donors (Lipinski definition) is 2. The van der Waals surface area contributed by atoms with Crippen LogP contribution in [0.25, 0.3) is 0 Å². The van der Waals surface area contributed by atoms with Gasteiger partial charge in [0.05, 0.1) is 32.0 Å². The second kappa shape index (κ2) is 9.43. The second-order valence-electron chi connectivity index (χ2n) is 10.6. The number of fused-ring (bicyclic) bond motifs is 2. The summed E-state index contributed by atoms with van der Waals surface area (Å²) in [7, 11) is -1.19. The van der Waals surface area contributed by atoms with E-state index in [4.69, 9.17) is 14.2 Å². The summed E-state index contributed by atoms with van der Waals surface area (Å²) >= 11 is 0. The van der Waals surface area contributed by atoms with E-state index in [9.17, 15) is 19.5 Å². The number of cyclic esters (lactones) is 1.